The molecule has 3 rings (SSSR count). The summed E-state index contributed by atoms with van der Waals surface area (Å²) >= 11 is 0. The highest BCUT2D eigenvalue weighted by Crippen LogP contribution is 2.19. The van der Waals surface area contributed by atoms with Crippen LogP contribution in [-0.2, 0) is 11.3 Å². The van der Waals surface area contributed by atoms with E-state index >= 15 is 0 Å². The third-order valence-corrected chi connectivity index (χ3v) is 4.52. The fourth-order valence-electron chi connectivity index (χ4n) is 3.26. The first kappa shape index (κ1) is 19.5. The summed E-state index contributed by atoms with van der Waals surface area (Å²) in [6, 6.07) is 11.3. The van der Waals surface area contributed by atoms with Crippen LogP contribution in [0.25, 0.3) is 0 Å². The Bertz CT molecular complexity index is 776. The van der Waals surface area contributed by atoms with Gasteiger partial charge in [-0.3, -0.25) is 14.7 Å². The number of hydrogen-bond acceptors (Lipinski definition) is 5. The summed E-state index contributed by atoms with van der Waals surface area (Å²) in [5.74, 6) is -0.162. The van der Waals surface area contributed by atoms with Crippen molar-refractivity contribution in [2.24, 2.45) is 0 Å². The zero-order valence-electron chi connectivity index (χ0n) is 16.1. The number of anilines is 1. The van der Waals surface area contributed by atoms with Crippen molar-refractivity contribution in [2.75, 3.05) is 18.4 Å². The van der Waals surface area contributed by atoms with Gasteiger partial charge in [0.15, 0.2) is 0 Å². The molecule has 0 bridgehead atoms. The van der Waals surface area contributed by atoms with E-state index in [9.17, 15) is 9.90 Å². The van der Waals surface area contributed by atoms with Gasteiger partial charge >= 0.3 is 0 Å². The predicted octanol–water partition coefficient (Wildman–Crippen LogP) is 2.61. The standard InChI is InChI=1S/C21H27N3O3/c1-14(2)27-20-13-24(12-19(20)25)11-16-5-4-6-17(9-16)21(26)23-18-8-7-15(3)22-10-18/h4-10,14,19-20,25H,11-13H2,1-3H3,(H,23,26)/t19-,20-/m0/s1. The van der Waals surface area contributed by atoms with Crippen molar-refractivity contribution in [1.29, 1.82) is 0 Å². The Morgan fingerprint density at radius 2 is 2.15 bits per heavy atom. The molecule has 2 N–H and O–H groups in total. The Morgan fingerprint density at radius 3 is 2.85 bits per heavy atom. The van der Waals surface area contributed by atoms with Gasteiger partial charge in [0.25, 0.3) is 5.91 Å². The van der Waals surface area contributed by atoms with E-state index in [0.717, 1.165) is 11.3 Å². The number of ether oxygens (including phenoxy) is 1. The molecule has 2 atom stereocenters. The maximum absolute atomic E-state index is 12.5. The molecule has 0 aliphatic carbocycles. The number of carbonyl (C=O) groups is 1. The number of hydrogen-bond donors (Lipinski definition) is 2. The third kappa shape index (κ3) is 5.35. The van der Waals surface area contributed by atoms with Gasteiger partial charge in [0.05, 0.1) is 30.2 Å². The molecule has 1 aromatic heterocycles. The van der Waals surface area contributed by atoms with E-state index in [4.69, 9.17) is 4.74 Å². The number of aliphatic hydroxyl groups is 1. The predicted molar refractivity (Wildman–Crippen MR) is 105 cm³/mol. The summed E-state index contributed by atoms with van der Waals surface area (Å²) in [6.45, 7) is 7.78. The molecule has 27 heavy (non-hydrogen) atoms. The number of likely N-dealkylation sites (tertiary alicyclic amines) is 1. The zero-order valence-corrected chi connectivity index (χ0v) is 16.1. The lowest BCUT2D eigenvalue weighted by molar-refractivity contribution is -0.0396. The van der Waals surface area contributed by atoms with Gasteiger partial charge in [0.1, 0.15) is 0 Å². The Hall–Kier alpha value is -2.28. The molecule has 1 saturated heterocycles. The van der Waals surface area contributed by atoms with Crippen LogP contribution in [0, 0.1) is 6.92 Å². The number of rotatable bonds is 6. The van der Waals surface area contributed by atoms with Crippen LogP contribution < -0.4 is 5.32 Å². The number of carbonyl (C=O) groups excluding carboxylic acids is 1. The Morgan fingerprint density at radius 1 is 1.33 bits per heavy atom. The Balaban J connectivity index is 1.62. The van der Waals surface area contributed by atoms with Gasteiger partial charge in [-0.1, -0.05) is 12.1 Å². The van der Waals surface area contributed by atoms with Crippen LogP contribution >= 0.6 is 0 Å². The topological polar surface area (TPSA) is 74.7 Å². The molecule has 1 fully saturated rings. The quantitative estimate of drug-likeness (QED) is 0.819. The van der Waals surface area contributed by atoms with Gasteiger partial charge in [-0.15, -0.1) is 0 Å². The third-order valence-electron chi connectivity index (χ3n) is 4.52. The average Bonchev–Trinajstić information content (AvgIpc) is 2.95. The number of aryl methyl sites for hydroxylation is 1. The molecule has 0 radical (unpaired) electrons. The monoisotopic (exact) mass is 369 g/mol. The highest BCUT2D eigenvalue weighted by Gasteiger charge is 2.32. The van der Waals surface area contributed by atoms with E-state index in [0.29, 0.717) is 30.9 Å². The zero-order chi connectivity index (χ0) is 19.4. The second kappa shape index (κ2) is 8.61. The molecule has 2 aromatic rings. The molecular formula is C21H27N3O3. The molecule has 0 saturated carbocycles. The van der Waals surface area contributed by atoms with Gasteiger partial charge < -0.3 is 15.2 Å². The minimum absolute atomic E-state index is 0.0906. The van der Waals surface area contributed by atoms with Crippen molar-refractivity contribution in [3.8, 4) is 0 Å². The van der Waals surface area contributed by atoms with Crippen LogP contribution in [0.1, 0.15) is 35.5 Å². The van der Waals surface area contributed by atoms with Gasteiger partial charge in [-0.05, 0) is 50.6 Å². The van der Waals surface area contributed by atoms with Gasteiger partial charge in [-0.25, -0.2) is 0 Å². The molecule has 1 aliphatic rings. The number of aliphatic hydroxyl groups excluding tert-OH is 1. The van der Waals surface area contributed by atoms with E-state index in [1.54, 1.807) is 12.3 Å². The van der Waals surface area contributed by atoms with Crippen molar-refractivity contribution in [2.45, 2.75) is 45.6 Å². The van der Waals surface area contributed by atoms with E-state index in [1.165, 1.54) is 0 Å². The Kier molecular flexibility index (Phi) is 6.21. The normalized spacial score (nSPS) is 20.2. The molecule has 144 valence electrons. The highest BCUT2D eigenvalue weighted by atomic mass is 16.5. The minimum atomic E-state index is -0.479. The number of amides is 1. The fourth-order valence-corrected chi connectivity index (χ4v) is 3.26. The number of nitrogens with one attached hydrogen (secondary N) is 1. The number of aromatic nitrogens is 1. The van der Waals surface area contributed by atoms with Crippen molar-refractivity contribution in [1.82, 2.24) is 9.88 Å². The summed E-state index contributed by atoms with van der Waals surface area (Å²) in [5.41, 5.74) is 3.21. The summed E-state index contributed by atoms with van der Waals surface area (Å²) in [5, 5.41) is 13.0. The van der Waals surface area contributed by atoms with Gasteiger partial charge in [-0.2, -0.15) is 0 Å². The van der Waals surface area contributed by atoms with Crippen molar-refractivity contribution in [3.63, 3.8) is 0 Å². The molecule has 0 spiro atoms. The number of β-amino-alcohol motifs (C(OH)–C–C–N with tert-alkyl or cyclic N) is 1. The number of pyridine rings is 1. The molecule has 1 amide bonds. The van der Waals surface area contributed by atoms with Crippen LogP contribution in [0.4, 0.5) is 5.69 Å². The fraction of sp³-hybridized carbons (Fsp3) is 0.429. The average molecular weight is 369 g/mol. The van der Waals surface area contributed by atoms with Crippen LogP contribution in [0.5, 0.6) is 0 Å². The smallest absolute Gasteiger partial charge is 0.255 e. The number of nitrogens with zero attached hydrogens (tertiary/aromatic N) is 2. The van der Waals surface area contributed by atoms with Crippen molar-refractivity contribution < 1.29 is 14.6 Å². The summed E-state index contributed by atoms with van der Waals surface area (Å²) in [6.07, 6.45) is 1.10. The second-order valence-corrected chi connectivity index (χ2v) is 7.33. The van der Waals surface area contributed by atoms with Gasteiger partial charge in [0.2, 0.25) is 0 Å². The first-order valence-electron chi connectivity index (χ1n) is 9.29. The van der Waals surface area contributed by atoms with Crippen molar-refractivity contribution >= 4 is 11.6 Å². The van der Waals surface area contributed by atoms with Crippen LogP contribution in [0.3, 0.4) is 0 Å². The molecule has 0 unspecified atom stereocenters. The molecular weight excluding hydrogens is 342 g/mol. The van der Waals surface area contributed by atoms with E-state index in [-0.39, 0.29) is 18.1 Å². The summed E-state index contributed by atoms with van der Waals surface area (Å²) in [7, 11) is 0. The van der Waals surface area contributed by atoms with Crippen LogP contribution in [0.2, 0.25) is 0 Å². The van der Waals surface area contributed by atoms with E-state index in [2.05, 4.69) is 15.2 Å². The van der Waals surface area contributed by atoms with Crippen molar-refractivity contribution in [3.05, 3.63) is 59.4 Å². The van der Waals surface area contributed by atoms with E-state index < -0.39 is 6.10 Å². The van der Waals surface area contributed by atoms with E-state index in [1.807, 2.05) is 51.1 Å². The number of benzene rings is 1. The molecule has 1 aromatic carbocycles. The lowest BCUT2D eigenvalue weighted by Crippen LogP contribution is -2.29. The second-order valence-electron chi connectivity index (χ2n) is 7.33. The molecule has 6 heteroatoms. The van der Waals surface area contributed by atoms with Gasteiger partial charge in [0, 0.05) is 30.9 Å². The largest absolute Gasteiger partial charge is 0.389 e. The molecule has 2 heterocycles. The lowest BCUT2D eigenvalue weighted by Gasteiger charge is -2.18. The van der Waals surface area contributed by atoms with Crippen LogP contribution in [0.15, 0.2) is 42.6 Å². The SMILES string of the molecule is Cc1ccc(NC(=O)c2cccc(CN3C[C@H](OC(C)C)[C@@H](O)C3)c2)cn1. The first-order valence-corrected chi connectivity index (χ1v) is 9.29. The highest BCUT2D eigenvalue weighted by molar-refractivity contribution is 6.04. The molecule has 1 aliphatic heterocycles. The maximum Gasteiger partial charge on any atom is 0.255 e. The first-order chi connectivity index (χ1) is 12.9. The summed E-state index contributed by atoms with van der Waals surface area (Å²) in [4.78, 5) is 18.8. The van der Waals surface area contributed by atoms with Crippen LogP contribution in [-0.4, -0.2) is 52.3 Å². The molecule has 6 nitrogen and oxygen atoms in total. The minimum Gasteiger partial charge on any atom is -0.389 e. The Labute approximate surface area is 160 Å². The lowest BCUT2D eigenvalue weighted by atomic mass is 10.1. The summed E-state index contributed by atoms with van der Waals surface area (Å²) < 4.78 is 5.77. The maximum atomic E-state index is 12.5.